The lowest BCUT2D eigenvalue weighted by molar-refractivity contribution is -0.116. The number of hydrogen-bond acceptors (Lipinski definition) is 6. The fourth-order valence-electron chi connectivity index (χ4n) is 2.39. The van der Waals surface area contributed by atoms with Crippen molar-refractivity contribution < 1.29 is 14.3 Å². The molecule has 0 saturated heterocycles. The van der Waals surface area contributed by atoms with Crippen molar-refractivity contribution in [2.24, 2.45) is 0 Å². The van der Waals surface area contributed by atoms with Crippen molar-refractivity contribution in [1.82, 2.24) is 10.2 Å². The number of carbonyl (C=O) groups excluding carboxylic acids is 2. The highest BCUT2D eigenvalue weighted by molar-refractivity contribution is 7.13. The molecular formula is C20H20N4O3S. The average Bonchev–Trinajstić information content (AvgIpc) is 3.18. The Kier molecular flexibility index (Phi) is 6.33. The molecule has 144 valence electrons. The summed E-state index contributed by atoms with van der Waals surface area (Å²) in [6.07, 6.45) is 0.664. The summed E-state index contributed by atoms with van der Waals surface area (Å²) >= 11 is 1.19. The molecule has 7 nitrogen and oxygen atoms in total. The SMILES string of the molecule is COc1ccc(NC(=O)CCc2nnc(C(=O)Nc3ccc(C)cc3)s2)cc1. The number of nitrogens with zero attached hydrogens (tertiary/aromatic N) is 2. The van der Waals surface area contributed by atoms with E-state index in [2.05, 4.69) is 20.8 Å². The third kappa shape index (κ3) is 5.37. The molecule has 0 aliphatic heterocycles. The van der Waals surface area contributed by atoms with E-state index in [0.717, 1.165) is 11.3 Å². The first-order valence-electron chi connectivity index (χ1n) is 8.68. The molecule has 28 heavy (non-hydrogen) atoms. The molecule has 0 atom stereocenters. The number of anilines is 2. The summed E-state index contributed by atoms with van der Waals surface area (Å²) in [5.41, 5.74) is 2.51. The first-order chi connectivity index (χ1) is 13.5. The Balaban J connectivity index is 1.50. The van der Waals surface area contributed by atoms with Crippen LogP contribution >= 0.6 is 11.3 Å². The fraction of sp³-hybridized carbons (Fsp3) is 0.200. The molecule has 0 aliphatic rings. The number of amides is 2. The van der Waals surface area contributed by atoms with E-state index in [9.17, 15) is 9.59 Å². The highest BCUT2D eigenvalue weighted by Gasteiger charge is 2.14. The summed E-state index contributed by atoms with van der Waals surface area (Å²) in [7, 11) is 1.59. The van der Waals surface area contributed by atoms with Gasteiger partial charge in [-0.1, -0.05) is 29.0 Å². The number of ether oxygens (including phenoxy) is 1. The van der Waals surface area contributed by atoms with Gasteiger partial charge in [0.15, 0.2) is 0 Å². The highest BCUT2D eigenvalue weighted by atomic mass is 32.1. The molecule has 2 aromatic carbocycles. The third-order valence-electron chi connectivity index (χ3n) is 3.91. The molecule has 0 saturated carbocycles. The minimum atomic E-state index is -0.310. The van der Waals surface area contributed by atoms with E-state index in [-0.39, 0.29) is 23.2 Å². The normalized spacial score (nSPS) is 10.4. The van der Waals surface area contributed by atoms with Crippen LogP contribution in [0.1, 0.15) is 26.8 Å². The summed E-state index contributed by atoms with van der Waals surface area (Å²) in [6.45, 7) is 1.98. The number of aryl methyl sites for hydroxylation is 2. The molecule has 0 unspecified atom stereocenters. The molecule has 0 fully saturated rings. The molecule has 1 aromatic heterocycles. The number of methoxy groups -OCH3 is 1. The topological polar surface area (TPSA) is 93.2 Å². The molecular weight excluding hydrogens is 376 g/mol. The van der Waals surface area contributed by atoms with Crippen molar-refractivity contribution in [1.29, 1.82) is 0 Å². The second-order valence-corrected chi connectivity index (χ2v) is 7.16. The third-order valence-corrected chi connectivity index (χ3v) is 4.89. The quantitative estimate of drug-likeness (QED) is 0.635. The van der Waals surface area contributed by atoms with E-state index in [4.69, 9.17) is 4.74 Å². The summed E-state index contributed by atoms with van der Waals surface area (Å²) in [6, 6.07) is 14.6. The van der Waals surface area contributed by atoms with Crippen LogP contribution < -0.4 is 15.4 Å². The van der Waals surface area contributed by atoms with Gasteiger partial charge in [-0.3, -0.25) is 9.59 Å². The summed E-state index contributed by atoms with van der Waals surface area (Å²) in [5.74, 6) is 0.282. The van der Waals surface area contributed by atoms with E-state index in [1.807, 2.05) is 31.2 Å². The second-order valence-electron chi connectivity index (χ2n) is 6.10. The maximum absolute atomic E-state index is 12.3. The van der Waals surface area contributed by atoms with Crippen molar-refractivity contribution in [3.8, 4) is 5.75 Å². The van der Waals surface area contributed by atoms with Gasteiger partial charge in [0.25, 0.3) is 5.91 Å². The average molecular weight is 396 g/mol. The lowest BCUT2D eigenvalue weighted by atomic mass is 10.2. The minimum Gasteiger partial charge on any atom is -0.497 e. The minimum absolute atomic E-state index is 0.133. The Morgan fingerprint density at radius 3 is 2.29 bits per heavy atom. The van der Waals surface area contributed by atoms with Crippen molar-refractivity contribution in [3.05, 3.63) is 64.1 Å². The van der Waals surface area contributed by atoms with Crippen molar-refractivity contribution in [3.63, 3.8) is 0 Å². The van der Waals surface area contributed by atoms with Gasteiger partial charge in [-0.05, 0) is 43.3 Å². The first kappa shape index (κ1) is 19.5. The largest absolute Gasteiger partial charge is 0.497 e. The lowest BCUT2D eigenvalue weighted by Crippen LogP contribution is -2.12. The summed E-state index contributed by atoms with van der Waals surface area (Å²) < 4.78 is 5.08. The Labute approximate surface area is 166 Å². The number of carbonyl (C=O) groups is 2. The number of rotatable bonds is 7. The first-order valence-corrected chi connectivity index (χ1v) is 9.49. The van der Waals surface area contributed by atoms with Crippen LogP contribution in [0.5, 0.6) is 5.75 Å². The molecule has 2 amide bonds. The van der Waals surface area contributed by atoms with E-state index in [1.165, 1.54) is 11.3 Å². The zero-order chi connectivity index (χ0) is 19.9. The van der Waals surface area contributed by atoms with Gasteiger partial charge in [0, 0.05) is 24.2 Å². The number of benzene rings is 2. The van der Waals surface area contributed by atoms with Crippen molar-refractivity contribution >= 4 is 34.5 Å². The molecule has 1 heterocycles. The van der Waals surface area contributed by atoms with Crippen LogP contribution in [-0.4, -0.2) is 29.1 Å². The number of hydrogen-bond donors (Lipinski definition) is 2. The van der Waals surface area contributed by atoms with E-state index in [1.54, 1.807) is 31.4 Å². The van der Waals surface area contributed by atoms with Gasteiger partial charge in [-0.15, -0.1) is 10.2 Å². The van der Waals surface area contributed by atoms with Crippen molar-refractivity contribution in [2.45, 2.75) is 19.8 Å². The number of aromatic nitrogens is 2. The van der Waals surface area contributed by atoms with Gasteiger partial charge in [0.1, 0.15) is 10.8 Å². The molecule has 2 N–H and O–H groups in total. The van der Waals surface area contributed by atoms with E-state index < -0.39 is 0 Å². The van der Waals surface area contributed by atoms with Crippen LogP contribution in [0.4, 0.5) is 11.4 Å². The van der Waals surface area contributed by atoms with Crippen LogP contribution in [0, 0.1) is 6.92 Å². The Morgan fingerprint density at radius 2 is 1.61 bits per heavy atom. The maximum atomic E-state index is 12.3. The van der Waals surface area contributed by atoms with Gasteiger partial charge < -0.3 is 15.4 Å². The van der Waals surface area contributed by atoms with E-state index in [0.29, 0.717) is 22.8 Å². The standard InChI is InChI=1S/C20H20N4O3S/c1-13-3-5-15(6-4-13)22-19(26)20-24-23-18(28-20)12-11-17(25)21-14-7-9-16(27-2)10-8-14/h3-10H,11-12H2,1-2H3,(H,21,25)(H,22,26). The lowest BCUT2D eigenvalue weighted by Gasteiger charge is -2.05. The van der Waals surface area contributed by atoms with Gasteiger partial charge in [-0.2, -0.15) is 0 Å². The van der Waals surface area contributed by atoms with Crippen LogP contribution in [0.3, 0.4) is 0 Å². The summed E-state index contributed by atoms with van der Waals surface area (Å²) in [5, 5.41) is 14.4. The molecule has 3 aromatic rings. The monoisotopic (exact) mass is 396 g/mol. The van der Waals surface area contributed by atoms with E-state index >= 15 is 0 Å². The number of nitrogens with one attached hydrogen (secondary N) is 2. The predicted molar refractivity (Wildman–Crippen MR) is 109 cm³/mol. The highest BCUT2D eigenvalue weighted by Crippen LogP contribution is 2.17. The summed E-state index contributed by atoms with van der Waals surface area (Å²) in [4.78, 5) is 24.3. The molecule has 8 heteroatoms. The van der Waals surface area contributed by atoms with Crippen molar-refractivity contribution in [2.75, 3.05) is 17.7 Å². The van der Waals surface area contributed by atoms with Gasteiger partial charge in [0.05, 0.1) is 7.11 Å². The molecule has 0 radical (unpaired) electrons. The van der Waals surface area contributed by atoms with Crippen LogP contribution in [0.25, 0.3) is 0 Å². The molecule has 0 bridgehead atoms. The van der Waals surface area contributed by atoms with Crippen LogP contribution in [-0.2, 0) is 11.2 Å². The molecule has 0 aliphatic carbocycles. The van der Waals surface area contributed by atoms with Gasteiger partial charge >= 0.3 is 0 Å². The zero-order valence-electron chi connectivity index (χ0n) is 15.6. The molecule has 3 rings (SSSR count). The van der Waals surface area contributed by atoms with Gasteiger partial charge in [-0.25, -0.2) is 0 Å². The zero-order valence-corrected chi connectivity index (χ0v) is 16.4. The Bertz CT molecular complexity index is 952. The fourth-order valence-corrected chi connectivity index (χ4v) is 3.12. The van der Waals surface area contributed by atoms with Gasteiger partial charge in [0.2, 0.25) is 10.9 Å². The second kappa shape index (κ2) is 9.09. The smallest absolute Gasteiger partial charge is 0.286 e. The predicted octanol–water partition coefficient (Wildman–Crippen LogP) is 3.68. The maximum Gasteiger partial charge on any atom is 0.286 e. The Morgan fingerprint density at radius 1 is 0.964 bits per heavy atom. The Hall–Kier alpha value is -3.26. The van der Waals surface area contributed by atoms with Crippen LogP contribution in [0.2, 0.25) is 0 Å². The van der Waals surface area contributed by atoms with Crippen LogP contribution in [0.15, 0.2) is 48.5 Å². The molecule has 0 spiro atoms.